The zero-order chi connectivity index (χ0) is 20.7. The summed E-state index contributed by atoms with van der Waals surface area (Å²) in [4.78, 5) is 27.6. The van der Waals surface area contributed by atoms with Crippen molar-refractivity contribution >= 4 is 23.7 Å². The zero-order valence-corrected chi connectivity index (χ0v) is 17.7. The molecule has 3 atom stereocenters. The van der Waals surface area contributed by atoms with E-state index in [4.69, 9.17) is 20.1 Å². The molecule has 0 radical (unpaired) electrons. The van der Waals surface area contributed by atoms with Gasteiger partial charge in [0.25, 0.3) is 0 Å². The van der Waals surface area contributed by atoms with Gasteiger partial charge in [0, 0.05) is 24.0 Å². The maximum absolute atomic E-state index is 11.9. The quantitative estimate of drug-likeness (QED) is 0.140. The Hall–Kier alpha value is -1.11. The normalized spacial score (nSPS) is 22.9. The van der Waals surface area contributed by atoms with Gasteiger partial charge in [-0.15, -0.1) is 0 Å². The van der Waals surface area contributed by atoms with Crippen LogP contribution in [0, 0.1) is 0 Å². The number of amides is 3. The molecule has 2 heterocycles. The van der Waals surface area contributed by atoms with E-state index in [2.05, 4.69) is 20.8 Å². The van der Waals surface area contributed by atoms with Crippen molar-refractivity contribution in [2.45, 2.75) is 43.0 Å². The molecule has 2 aliphatic rings. The second-order valence-electron chi connectivity index (χ2n) is 6.93. The average Bonchev–Trinajstić information content (AvgIpc) is 3.25. The fourth-order valence-corrected chi connectivity index (χ4v) is 4.82. The summed E-state index contributed by atoms with van der Waals surface area (Å²) in [5.74, 6) is 5.89. The number of nitrogens with two attached hydrogens (primary N) is 1. The molecule has 0 bridgehead atoms. The van der Waals surface area contributed by atoms with Crippen molar-refractivity contribution in [3.8, 4) is 0 Å². The Morgan fingerprint density at radius 3 is 2.45 bits per heavy atom. The molecule has 5 N–H and O–H groups in total. The molecule has 11 heteroatoms. The number of rotatable bonds is 17. The highest BCUT2D eigenvalue weighted by atomic mass is 32.2. The first-order chi connectivity index (χ1) is 14.2. The van der Waals surface area contributed by atoms with Crippen LogP contribution in [0.15, 0.2) is 0 Å². The van der Waals surface area contributed by atoms with Gasteiger partial charge in [0.15, 0.2) is 0 Å². The Kier molecular flexibility index (Phi) is 12.3. The molecule has 0 aromatic heterocycles. The number of carbonyl (C=O) groups is 2. The molecular formula is C18H34N4O6S. The SMILES string of the molecule is NOCCOCCOCCOCCNC(=O)CCCCC1SCC2NC(=O)NC21. The third kappa shape index (κ3) is 9.96. The molecule has 0 aliphatic carbocycles. The lowest BCUT2D eigenvalue weighted by Gasteiger charge is -2.16. The first-order valence-corrected chi connectivity index (χ1v) is 11.3. The molecule has 168 valence electrons. The molecule has 10 nitrogen and oxygen atoms in total. The van der Waals surface area contributed by atoms with Gasteiger partial charge in [0.05, 0.1) is 58.3 Å². The smallest absolute Gasteiger partial charge is 0.315 e. The number of nitrogens with one attached hydrogen (secondary N) is 3. The molecule has 3 amide bonds. The van der Waals surface area contributed by atoms with Crippen molar-refractivity contribution in [1.29, 1.82) is 0 Å². The summed E-state index contributed by atoms with van der Waals surface area (Å²) >= 11 is 1.90. The van der Waals surface area contributed by atoms with Gasteiger partial charge in [-0.2, -0.15) is 11.8 Å². The van der Waals surface area contributed by atoms with Crippen molar-refractivity contribution in [3.63, 3.8) is 0 Å². The van der Waals surface area contributed by atoms with E-state index in [-0.39, 0.29) is 24.0 Å². The Bertz CT molecular complexity index is 487. The van der Waals surface area contributed by atoms with Crippen molar-refractivity contribution in [2.75, 3.05) is 58.5 Å². The number of thioether (sulfide) groups is 1. The van der Waals surface area contributed by atoms with E-state index in [9.17, 15) is 9.59 Å². The number of hydrogen-bond donors (Lipinski definition) is 4. The molecule has 0 spiro atoms. The van der Waals surface area contributed by atoms with Gasteiger partial charge in [-0.1, -0.05) is 6.42 Å². The second kappa shape index (κ2) is 14.8. The highest BCUT2D eigenvalue weighted by Crippen LogP contribution is 2.33. The van der Waals surface area contributed by atoms with Gasteiger partial charge < -0.3 is 35.0 Å². The largest absolute Gasteiger partial charge is 0.377 e. The lowest BCUT2D eigenvalue weighted by molar-refractivity contribution is -0.121. The molecule has 29 heavy (non-hydrogen) atoms. The zero-order valence-electron chi connectivity index (χ0n) is 16.9. The average molecular weight is 435 g/mol. The number of hydrogen-bond acceptors (Lipinski definition) is 8. The van der Waals surface area contributed by atoms with Crippen LogP contribution >= 0.6 is 11.8 Å². The first kappa shape index (κ1) is 24.2. The van der Waals surface area contributed by atoms with Crippen molar-refractivity contribution in [3.05, 3.63) is 0 Å². The van der Waals surface area contributed by atoms with E-state index >= 15 is 0 Å². The Balaban J connectivity index is 1.33. The summed E-state index contributed by atoms with van der Waals surface area (Å²) in [7, 11) is 0. The monoisotopic (exact) mass is 434 g/mol. The Morgan fingerprint density at radius 1 is 1.03 bits per heavy atom. The highest BCUT2D eigenvalue weighted by molar-refractivity contribution is 8.00. The predicted molar refractivity (Wildman–Crippen MR) is 110 cm³/mol. The van der Waals surface area contributed by atoms with Crippen LogP contribution in [0.25, 0.3) is 0 Å². The van der Waals surface area contributed by atoms with Crippen LogP contribution in [0.3, 0.4) is 0 Å². The van der Waals surface area contributed by atoms with E-state index < -0.39 is 0 Å². The fraction of sp³-hybridized carbons (Fsp3) is 0.889. The number of fused-ring (bicyclic) bond motifs is 1. The lowest BCUT2D eigenvalue weighted by Crippen LogP contribution is -2.36. The third-order valence-electron chi connectivity index (χ3n) is 4.74. The first-order valence-electron chi connectivity index (χ1n) is 10.2. The molecule has 0 aromatic rings. The summed E-state index contributed by atoms with van der Waals surface area (Å²) < 4.78 is 16.0. The molecule has 2 aliphatic heterocycles. The van der Waals surface area contributed by atoms with E-state index in [0.717, 1.165) is 25.0 Å². The molecule has 2 fully saturated rings. The van der Waals surface area contributed by atoms with Gasteiger partial charge in [0.2, 0.25) is 5.91 Å². The van der Waals surface area contributed by atoms with Gasteiger partial charge >= 0.3 is 6.03 Å². The molecule has 3 unspecified atom stereocenters. The number of ether oxygens (including phenoxy) is 3. The third-order valence-corrected chi connectivity index (χ3v) is 6.25. The van der Waals surface area contributed by atoms with Crippen LogP contribution in [-0.4, -0.2) is 87.8 Å². The number of unbranched alkanes of at least 4 members (excludes halogenated alkanes) is 1. The van der Waals surface area contributed by atoms with Crippen LogP contribution in [0.2, 0.25) is 0 Å². The van der Waals surface area contributed by atoms with E-state index in [1.807, 2.05) is 11.8 Å². The highest BCUT2D eigenvalue weighted by Gasteiger charge is 2.42. The van der Waals surface area contributed by atoms with Crippen LogP contribution in [-0.2, 0) is 23.8 Å². The Labute approximate surface area is 176 Å². The molecule has 2 rings (SSSR count). The van der Waals surface area contributed by atoms with Crippen molar-refractivity contribution in [2.24, 2.45) is 5.90 Å². The minimum atomic E-state index is -0.0543. The van der Waals surface area contributed by atoms with Crippen LogP contribution in [0.1, 0.15) is 25.7 Å². The van der Waals surface area contributed by atoms with Gasteiger partial charge in [-0.3, -0.25) is 4.79 Å². The van der Waals surface area contributed by atoms with Crippen molar-refractivity contribution < 1.29 is 28.6 Å². The maximum atomic E-state index is 11.9. The van der Waals surface area contributed by atoms with Gasteiger partial charge in [0.1, 0.15) is 0 Å². The van der Waals surface area contributed by atoms with Crippen molar-refractivity contribution in [1.82, 2.24) is 16.0 Å². The van der Waals surface area contributed by atoms with E-state index in [0.29, 0.717) is 64.5 Å². The molecular weight excluding hydrogens is 400 g/mol. The molecule has 0 saturated carbocycles. The summed E-state index contributed by atoms with van der Waals surface area (Å²) in [6.45, 7) is 3.74. The Morgan fingerprint density at radius 2 is 1.72 bits per heavy atom. The summed E-state index contributed by atoms with van der Waals surface area (Å²) in [6, 6.07) is 0.443. The van der Waals surface area contributed by atoms with E-state index in [1.54, 1.807) is 0 Å². The number of carbonyl (C=O) groups excluding carboxylic acids is 2. The standard InChI is InChI=1S/C18H34N4O6S/c19-28-12-11-27-10-9-26-8-7-25-6-5-20-16(23)4-2-1-3-15-17-14(13-29-15)21-18(24)22-17/h14-15,17H,1-13,19H2,(H,20,23)(H2,21,22,24). The van der Waals surface area contributed by atoms with Crippen LogP contribution < -0.4 is 21.8 Å². The van der Waals surface area contributed by atoms with E-state index in [1.165, 1.54) is 0 Å². The van der Waals surface area contributed by atoms with Gasteiger partial charge in [-0.05, 0) is 12.8 Å². The second-order valence-corrected chi connectivity index (χ2v) is 8.20. The van der Waals surface area contributed by atoms with Gasteiger partial charge in [-0.25, -0.2) is 10.7 Å². The summed E-state index contributed by atoms with van der Waals surface area (Å²) in [6.07, 6.45) is 3.39. The minimum absolute atomic E-state index is 0.0521. The van der Waals surface area contributed by atoms with Crippen LogP contribution in [0.4, 0.5) is 4.79 Å². The minimum Gasteiger partial charge on any atom is -0.377 e. The number of urea groups is 1. The van der Waals surface area contributed by atoms with Crippen LogP contribution in [0.5, 0.6) is 0 Å². The molecule has 2 saturated heterocycles. The summed E-state index contributed by atoms with van der Waals surface area (Å²) in [5.41, 5.74) is 0. The topological polar surface area (TPSA) is 133 Å². The summed E-state index contributed by atoms with van der Waals surface area (Å²) in [5, 5.41) is 9.25. The molecule has 0 aromatic carbocycles. The fourth-order valence-electron chi connectivity index (χ4n) is 3.27. The predicted octanol–water partition coefficient (Wildman–Crippen LogP) is -0.231. The maximum Gasteiger partial charge on any atom is 0.315 e. The lowest BCUT2D eigenvalue weighted by atomic mass is 10.0.